The Bertz CT molecular complexity index is 384. The van der Waals surface area contributed by atoms with Gasteiger partial charge in [-0.3, -0.25) is 9.48 Å². The third-order valence-electron chi connectivity index (χ3n) is 2.08. The van der Waals surface area contributed by atoms with E-state index in [4.69, 9.17) is 11.0 Å². The number of hydrogen-bond acceptors (Lipinski definition) is 4. The molecule has 1 aromatic rings. The highest BCUT2D eigenvalue weighted by Gasteiger charge is 2.18. The summed E-state index contributed by atoms with van der Waals surface area (Å²) in [5, 5.41) is 12.3. The molecule has 0 bridgehead atoms. The van der Waals surface area contributed by atoms with Gasteiger partial charge >= 0.3 is 0 Å². The Balaban J connectivity index is 2.81. The van der Waals surface area contributed by atoms with E-state index in [9.17, 15) is 4.79 Å². The van der Waals surface area contributed by atoms with E-state index in [0.29, 0.717) is 24.3 Å². The minimum Gasteiger partial charge on any atom is -0.396 e. The van der Waals surface area contributed by atoms with Gasteiger partial charge < -0.3 is 10.6 Å². The summed E-state index contributed by atoms with van der Waals surface area (Å²) in [4.78, 5) is 13.3. The molecular formula is C9H13N5O. The monoisotopic (exact) mass is 207 g/mol. The van der Waals surface area contributed by atoms with Crippen LogP contribution in [-0.2, 0) is 7.05 Å². The van der Waals surface area contributed by atoms with Crippen molar-refractivity contribution in [3.63, 3.8) is 0 Å². The predicted molar refractivity (Wildman–Crippen MR) is 54.8 cm³/mol. The molecule has 1 rings (SSSR count). The Morgan fingerprint density at radius 2 is 2.47 bits per heavy atom. The maximum absolute atomic E-state index is 11.8. The quantitative estimate of drug-likeness (QED) is 0.754. The maximum atomic E-state index is 11.8. The lowest BCUT2D eigenvalue weighted by Crippen LogP contribution is -2.29. The van der Waals surface area contributed by atoms with E-state index in [1.165, 1.54) is 15.8 Å². The first-order valence-corrected chi connectivity index (χ1v) is 4.47. The molecular weight excluding hydrogens is 194 g/mol. The highest BCUT2D eigenvalue weighted by Crippen LogP contribution is 2.11. The lowest BCUT2D eigenvalue weighted by molar-refractivity contribution is 0.0788. The van der Waals surface area contributed by atoms with Gasteiger partial charge in [0.15, 0.2) is 0 Å². The zero-order chi connectivity index (χ0) is 11.4. The second-order valence-corrected chi connectivity index (χ2v) is 3.21. The van der Waals surface area contributed by atoms with Crippen molar-refractivity contribution in [3.05, 3.63) is 11.9 Å². The van der Waals surface area contributed by atoms with Gasteiger partial charge in [0.25, 0.3) is 5.91 Å². The number of anilines is 1. The number of rotatable bonds is 3. The van der Waals surface area contributed by atoms with E-state index in [1.807, 2.05) is 6.07 Å². The summed E-state index contributed by atoms with van der Waals surface area (Å²) >= 11 is 0. The van der Waals surface area contributed by atoms with Crippen LogP contribution in [0, 0.1) is 11.3 Å². The second-order valence-electron chi connectivity index (χ2n) is 3.21. The van der Waals surface area contributed by atoms with Crippen molar-refractivity contribution in [1.82, 2.24) is 14.7 Å². The summed E-state index contributed by atoms with van der Waals surface area (Å²) in [5.74, 6) is -0.220. The molecule has 1 aromatic heterocycles. The number of nitrogens with two attached hydrogens (primary N) is 1. The highest BCUT2D eigenvalue weighted by atomic mass is 16.2. The molecule has 0 aliphatic heterocycles. The molecule has 0 aliphatic rings. The fourth-order valence-electron chi connectivity index (χ4n) is 1.22. The number of nitrogens with zero attached hydrogens (tertiary/aromatic N) is 4. The van der Waals surface area contributed by atoms with Crippen molar-refractivity contribution < 1.29 is 4.79 Å². The molecule has 0 atom stereocenters. The van der Waals surface area contributed by atoms with Crippen LogP contribution >= 0.6 is 0 Å². The molecule has 0 saturated carbocycles. The third kappa shape index (κ3) is 2.26. The SMILES string of the molecule is CN(CCC#N)C(=O)c1c(N)cnn1C. The number of aromatic nitrogens is 2. The van der Waals surface area contributed by atoms with E-state index in [0.717, 1.165) is 0 Å². The first-order chi connectivity index (χ1) is 7.07. The van der Waals surface area contributed by atoms with Crippen molar-refractivity contribution in [2.24, 2.45) is 7.05 Å². The number of carbonyl (C=O) groups is 1. The van der Waals surface area contributed by atoms with Crippen LogP contribution in [0.4, 0.5) is 5.69 Å². The standard InChI is InChI=1S/C9H13N5O/c1-13(5-3-4-10)9(15)8-7(11)6-12-14(8)2/h6H,3,5,11H2,1-2H3. The smallest absolute Gasteiger partial charge is 0.274 e. The zero-order valence-electron chi connectivity index (χ0n) is 8.77. The molecule has 0 unspecified atom stereocenters. The average molecular weight is 207 g/mol. The number of aryl methyl sites for hydroxylation is 1. The zero-order valence-corrected chi connectivity index (χ0v) is 8.77. The molecule has 1 heterocycles. The minimum atomic E-state index is -0.220. The summed E-state index contributed by atoms with van der Waals surface area (Å²) in [5.41, 5.74) is 6.32. The van der Waals surface area contributed by atoms with Crippen molar-refractivity contribution >= 4 is 11.6 Å². The fourth-order valence-corrected chi connectivity index (χ4v) is 1.22. The van der Waals surface area contributed by atoms with Crippen LogP contribution in [0.3, 0.4) is 0 Å². The van der Waals surface area contributed by atoms with E-state index in [-0.39, 0.29) is 5.91 Å². The summed E-state index contributed by atoms with van der Waals surface area (Å²) in [7, 11) is 3.29. The van der Waals surface area contributed by atoms with Crippen LogP contribution in [0.25, 0.3) is 0 Å². The molecule has 80 valence electrons. The summed E-state index contributed by atoms with van der Waals surface area (Å²) in [6.07, 6.45) is 1.74. The molecule has 15 heavy (non-hydrogen) atoms. The molecule has 0 spiro atoms. The molecule has 0 aliphatic carbocycles. The molecule has 2 N–H and O–H groups in total. The Kier molecular flexibility index (Phi) is 3.29. The number of carbonyl (C=O) groups excluding carboxylic acids is 1. The minimum absolute atomic E-state index is 0.220. The summed E-state index contributed by atoms with van der Waals surface area (Å²) in [6.45, 7) is 0.389. The van der Waals surface area contributed by atoms with Gasteiger partial charge in [0.05, 0.1) is 24.4 Å². The van der Waals surface area contributed by atoms with Crippen LogP contribution in [0.1, 0.15) is 16.9 Å². The Morgan fingerprint density at radius 3 is 2.93 bits per heavy atom. The highest BCUT2D eigenvalue weighted by molar-refractivity contribution is 5.97. The fraction of sp³-hybridized carbons (Fsp3) is 0.444. The Labute approximate surface area is 87.9 Å². The topological polar surface area (TPSA) is 87.9 Å². The lowest BCUT2D eigenvalue weighted by Gasteiger charge is -2.15. The number of nitrogen functional groups attached to an aromatic ring is 1. The van der Waals surface area contributed by atoms with E-state index in [2.05, 4.69) is 5.10 Å². The van der Waals surface area contributed by atoms with Crippen LogP contribution in [0.2, 0.25) is 0 Å². The van der Waals surface area contributed by atoms with Gasteiger partial charge in [-0.15, -0.1) is 0 Å². The lowest BCUT2D eigenvalue weighted by atomic mass is 10.3. The summed E-state index contributed by atoms with van der Waals surface area (Å²) < 4.78 is 1.43. The first-order valence-electron chi connectivity index (χ1n) is 4.47. The molecule has 6 nitrogen and oxygen atoms in total. The van der Waals surface area contributed by atoms with Gasteiger partial charge in [-0.1, -0.05) is 0 Å². The second kappa shape index (κ2) is 4.46. The first kappa shape index (κ1) is 11.0. The van der Waals surface area contributed by atoms with Crippen LogP contribution in [0.5, 0.6) is 0 Å². The maximum Gasteiger partial charge on any atom is 0.274 e. The van der Waals surface area contributed by atoms with E-state index >= 15 is 0 Å². The Hall–Kier alpha value is -2.03. The molecule has 1 amide bonds. The van der Waals surface area contributed by atoms with Gasteiger partial charge in [0, 0.05) is 20.6 Å². The van der Waals surface area contributed by atoms with Gasteiger partial charge in [0.2, 0.25) is 0 Å². The van der Waals surface area contributed by atoms with E-state index < -0.39 is 0 Å². The van der Waals surface area contributed by atoms with E-state index in [1.54, 1.807) is 14.1 Å². The predicted octanol–water partition coefficient (Wildman–Crippen LogP) is -0.0120. The van der Waals surface area contributed by atoms with Crippen molar-refractivity contribution in [2.75, 3.05) is 19.3 Å². The molecule has 6 heteroatoms. The van der Waals surface area contributed by atoms with Crippen molar-refractivity contribution in [2.45, 2.75) is 6.42 Å². The average Bonchev–Trinajstić information content (AvgIpc) is 2.54. The van der Waals surface area contributed by atoms with Crippen LogP contribution in [0.15, 0.2) is 6.20 Å². The normalized spacial score (nSPS) is 9.67. The molecule has 0 aromatic carbocycles. The number of hydrogen-bond donors (Lipinski definition) is 1. The van der Waals surface area contributed by atoms with Gasteiger partial charge in [-0.05, 0) is 0 Å². The Morgan fingerprint density at radius 1 is 1.80 bits per heavy atom. The number of amides is 1. The molecule has 0 fully saturated rings. The van der Waals surface area contributed by atoms with Crippen LogP contribution < -0.4 is 5.73 Å². The molecule has 0 saturated heterocycles. The number of nitriles is 1. The molecule has 0 radical (unpaired) electrons. The van der Waals surface area contributed by atoms with Crippen molar-refractivity contribution in [1.29, 1.82) is 5.26 Å². The van der Waals surface area contributed by atoms with Gasteiger partial charge in [-0.25, -0.2) is 0 Å². The van der Waals surface area contributed by atoms with Gasteiger partial charge in [0.1, 0.15) is 5.69 Å². The van der Waals surface area contributed by atoms with Crippen molar-refractivity contribution in [3.8, 4) is 6.07 Å². The van der Waals surface area contributed by atoms with Crippen LogP contribution in [-0.4, -0.2) is 34.2 Å². The van der Waals surface area contributed by atoms with Gasteiger partial charge in [-0.2, -0.15) is 10.4 Å². The third-order valence-corrected chi connectivity index (χ3v) is 2.08. The summed E-state index contributed by atoms with van der Waals surface area (Å²) in [6, 6.07) is 1.98. The largest absolute Gasteiger partial charge is 0.396 e.